The molecule has 1 heterocycles. The number of nitrogens with one attached hydrogen (secondary N) is 2. The van der Waals surface area contributed by atoms with Gasteiger partial charge in [-0.15, -0.1) is 0 Å². The Morgan fingerprint density at radius 2 is 2.29 bits per heavy atom. The first-order chi connectivity index (χ1) is 7.91. The van der Waals surface area contributed by atoms with Gasteiger partial charge in [0.1, 0.15) is 0 Å². The molecule has 0 aliphatic carbocycles. The molecule has 1 rings (SSSR count). The molecule has 1 unspecified atom stereocenters. The van der Waals surface area contributed by atoms with Crippen LogP contribution in [0.2, 0.25) is 0 Å². The molecule has 100 valence electrons. The van der Waals surface area contributed by atoms with Gasteiger partial charge in [-0.2, -0.15) is 0 Å². The lowest BCUT2D eigenvalue weighted by molar-refractivity contribution is -0.126. The number of amides is 1. The van der Waals surface area contributed by atoms with E-state index in [-0.39, 0.29) is 11.8 Å². The summed E-state index contributed by atoms with van der Waals surface area (Å²) in [5, 5.41) is 16.2. The van der Waals surface area contributed by atoms with Crippen molar-refractivity contribution in [2.24, 2.45) is 11.8 Å². The average molecular weight is 242 g/mol. The maximum absolute atomic E-state index is 11.9. The smallest absolute Gasteiger partial charge is 0.224 e. The van der Waals surface area contributed by atoms with Crippen molar-refractivity contribution in [3.63, 3.8) is 0 Å². The fourth-order valence-corrected chi connectivity index (χ4v) is 2.45. The first-order valence-electron chi connectivity index (χ1n) is 6.61. The lowest BCUT2D eigenvalue weighted by Gasteiger charge is -2.28. The van der Waals surface area contributed by atoms with Crippen LogP contribution < -0.4 is 10.6 Å². The number of rotatable bonds is 5. The zero-order valence-electron chi connectivity index (χ0n) is 11.3. The Kier molecular flexibility index (Phi) is 5.40. The Morgan fingerprint density at radius 1 is 1.59 bits per heavy atom. The van der Waals surface area contributed by atoms with Gasteiger partial charge in [0.2, 0.25) is 5.91 Å². The van der Waals surface area contributed by atoms with Crippen molar-refractivity contribution < 1.29 is 9.90 Å². The molecule has 1 saturated heterocycles. The summed E-state index contributed by atoms with van der Waals surface area (Å²) in [6.07, 6.45) is 2.71. The summed E-state index contributed by atoms with van der Waals surface area (Å²) in [6, 6.07) is 0. The van der Waals surface area contributed by atoms with Crippen LogP contribution in [0.4, 0.5) is 0 Å². The minimum absolute atomic E-state index is 0.0681. The Hall–Kier alpha value is -0.610. The Balaban J connectivity index is 2.31. The SMILES string of the molecule is CC(C)CC(C)(O)CNC(=O)[C@H]1CCCNC1. The van der Waals surface area contributed by atoms with Gasteiger partial charge in [0.15, 0.2) is 0 Å². The normalized spacial score (nSPS) is 24.4. The molecule has 0 aromatic carbocycles. The van der Waals surface area contributed by atoms with E-state index in [2.05, 4.69) is 24.5 Å². The van der Waals surface area contributed by atoms with Crippen LogP contribution in [-0.4, -0.2) is 36.2 Å². The summed E-state index contributed by atoms with van der Waals surface area (Å²) < 4.78 is 0. The second-order valence-corrected chi connectivity index (χ2v) is 5.86. The predicted octanol–water partition coefficient (Wildman–Crippen LogP) is 0.899. The van der Waals surface area contributed by atoms with Crippen molar-refractivity contribution in [2.45, 2.75) is 45.6 Å². The quantitative estimate of drug-likeness (QED) is 0.671. The number of piperidine rings is 1. The molecule has 1 fully saturated rings. The molecule has 3 N–H and O–H groups in total. The fraction of sp³-hybridized carbons (Fsp3) is 0.923. The van der Waals surface area contributed by atoms with Crippen molar-refractivity contribution in [3.8, 4) is 0 Å². The molecule has 4 nitrogen and oxygen atoms in total. The fourth-order valence-electron chi connectivity index (χ4n) is 2.45. The van der Waals surface area contributed by atoms with E-state index in [4.69, 9.17) is 0 Å². The number of carbonyl (C=O) groups excluding carboxylic acids is 1. The van der Waals surface area contributed by atoms with E-state index in [9.17, 15) is 9.90 Å². The molecule has 0 spiro atoms. The lowest BCUT2D eigenvalue weighted by Crippen LogP contribution is -2.46. The van der Waals surface area contributed by atoms with Crippen LogP contribution in [0.1, 0.15) is 40.0 Å². The third kappa shape index (κ3) is 5.50. The van der Waals surface area contributed by atoms with Crippen LogP contribution in [-0.2, 0) is 4.79 Å². The maximum atomic E-state index is 11.9. The zero-order chi connectivity index (χ0) is 12.9. The number of hydrogen-bond donors (Lipinski definition) is 3. The zero-order valence-corrected chi connectivity index (χ0v) is 11.3. The van der Waals surface area contributed by atoms with E-state index in [1.807, 2.05) is 0 Å². The van der Waals surface area contributed by atoms with Crippen molar-refractivity contribution in [1.29, 1.82) is 0 Å². The second-order valence-electron chi connectivity index (χ2n) is 5.86. The van der Waals surface area contributed by atoms with E-state index in [1.54, 1.807) is 6.92 Å². The molecule has 2 atom stereocenters. The Bertz CT molecular complexity index is 246. The monoisotopic (exact) mass is 242 g/mol. The van der Waals surface area contributed by atoms with E-state index in [0.29, 0.717) is 18.9 Å². The van der Waals surface area contributed by atoms with Crippen LogP contribution in [0, 0.1) is 11.8 Å². The highest BCUT2D eigenvalue weighted by Gasteiger charge is 2.25. The van der Waals surface area contributed by atoms with Crippen LogP contribution in [0.3, 0.4) is 0 Å². The highest BCUT2D eigenvalue weighted by molar-refractivity contribution is 5.79. The van der Waals surface area contributed by atoms with Gasteiger partial charge in [-0.1, -0.05) is 13.8 Å². The van der Waals surface area contributed by atoms with E-state index < -0.39 is 5.60 Å². The predicted molar refractivity (Wildman–Crippen MR) is 68.7 cm³/mol. The van der Waals surface area contributed by atoms with Crippen molar-refractivity contribution in [1.82, 2.24) is 10.6 Å². The van der Waals surface area contributed by atoms with Crippen LogP contribution in [0.25, 0.3) is 0 Å². The van der Waals surface area contributed by atoms with Gasteiger partial charge < -0.3 is 15.7 Å². The summed E-state index contributed by atoms with van der Waals surface area (Å²) in [6.45, 7) is 8.04. The van der Waals surface area contributed by atoms with Gasteiger partial charge in [0.25, 0.3) is 0 Å². The lowest BCUT2D eigenvalue weighted by atomic mass is 9.93. The average Bonchev–Trinajstić information content (AvgIpc) is 2.25. The maximum Gasteiger partial charge on any atom is 0.224 e. The molecule has 0 radical (unpaired) electrons. The first kappa shape index (κ1) is 14.5. The minimum atomic E-state index is -0.800. The van der Waals surface area contributed by atoms with Crippen LogP contribution in [0.5, 0.6) is 0 Å². The molecule has 1 aliphatic rings. The van der Waals surface area contributed by atoms with Gasteiger partial charge in [-0.05, 0) is 38.6 Å². The summed E-state index contributed by atoms with van der Waals surface area (Å²) in [5.41, 5.74) is -0.800. The van der Waals surface area contributed by atoms with Crippen LogP contribution >= 0.6 is 0 Å². The molecule has 17 heavy (non-hydrogen) atoms. The Labute approximate surface area is 104 Å². The standard InChI is InChI=1S/C13H26N2O2/c1-10(2)7-13(3,17)9-15-12(16)11-5-4-6-14-8-11/h10-11,14,17H,4-9H2,1-3H3,(H,15,16)/t11-,13?/m0/s1. The van der Waals surface area contributed by atoms with Gasteiger partial charge in [-0.3, -0.25) is 4.79 Å². The summed E-state index contributed by atoms with van der Waals surface area (Å²) in [7, 11) is 0. The molecule has 1 amide bonds. The van der Waals surface area contributed by atoms with E-state index in [1.165, 1.54) is 0 Å². The van der Waals surface area contributed by atoms with Crippen molar-refractivity contribution in [2.75, 3.05) is 19.6 Å². The van der Waals surface area contributed by atoms with Gasteiger partial charge in [0, 0.05) is 13.1 Å². The van der Waals surface area contributed by atoms with Crippen molar-refractivity contribution in [3.05, 3.63) is 0 Å². The molecule has 0 saturated carbocycles. The second kappa shape index (κ2) is 6.36. The molecule has 0 aromatic rings. The number of carbonyl (C=O) groups is 1. The first-order valence-corrected chi connectivity index (χ1v) is 6.61. The minimum Gasteiger partial charge on any atom is -0.388 e. The third-order valence-electron chi connectivity index (χ3n) is 3.16. The van der Waals surface area contributed by atoms with E-state index >= 15 is 0 Å². The number of aliphatic hydroxyl groups is 1. The van der Waals surface area contributed by atoms with E-state index in [0.717, 1.165) is 25.9 Å². The molecular formula is C13H26N2O2. The van der Waals surface area contributed by atoms with Crippen LogP contribution in [0.15, 0.2) is 0 Å². The Morgan fingerprint density at radius 3 is 2.82 bits per heavy atom. The highest BCUT2D eigenvalue weighted by atomic mass is 16.3. The highest BCUT2D eigenvalue weighted by Crippen LogP contribution is 2.16. The number of hydrogen-bond acceptors (Lipinski definition) is 3. The molecule has 4 heteroatoms. The van der Waals surface area contributed by atoms with Gasteiger partial charge in [0.05, 0.1) is 11.5 Å². The third-order valence-corrected chi connectivity index (χ3v) is 3.16. The molecule has 0 bridgehead atoms. The van der Waals surface area contributed by atoms with Gasteiger partial charge in [-0.25, -0.2) is 0 Å². The molecule has 0 aromatic heterocycles. The largest absolute Gasteiger partial charge is 0.388 e. The topological polar surface area (TPSA) is 61.4 Å². The molecular weight excluding hydrogens is 216 g/mol. The summed E-state index contributed by atoms with van der Waals surface area (Å²) in [4.78, 5) is 11.9. The summed E-state index contributed by atoms with van der Waals surface area (Å²) in [5.74, 6) is 0.568. The van der Waals surface area contributed by atoms with Crippen molar-refractivity contribution >= 4 is 5.91 Å². The van der Waals surface area contributed by atoms with Gasteiger partial charge >= 0.3 is 0 Å². The molecule has 1 aliphatic heterocycles. The summed E-state index contributed by atoms with van der Waals surface area (Å²) >= 11 is 0.